The summed E-state index contributed by atoms with van der Waals surface area (Å²) in [6, 6.07) is 13.0. The van der Waals surface area contributed by atoms with E-state index in [1.54, 1.807) is 43.4 Å². The first-order valence-corrected chi connectivity index (χ1v) is 11.7. The fourth-order valence-electron chi connectivity index (χ4n) is 3.38. The molecule has 1 aliphatic rings. The molecule has 0 spiro atoms. The van der Waals surface area contributed by atoms with Crippen LogP contribution in [-0.4, -0.2) is 54.1 Å². The van der Waals surface area contributed by atoms with Gasteiger partial charge in [-0.15, -0.1) is 0 Å². The van der Waals surface area contributed by atoms with E-state index in [-0.39, 0.29) is 36.2 Å². The number of hydrogen-bond acceptors (Lipinski definition) is 6. The molecule has 1 heterocycles. The van der Waals surface area contributed by atoms with E-state index in [9.17, 15) is 18.0 Å². The van der Waals surface area contributed by atoms with Gasteiger partial charge >= 0.3 is 0 Å². The number of carbonyl (C=O) groups is 2. The van der Waals surface area contributed by atoms with Gasteiger partial charge in [-0.3, -0.25) is 9.59 Å². The molecule has 10 heteroatoms. The molecule has 0 bridgehead atoms. The summed E-state index contributed by atoms with van der Waals surface area (Å²) in [4.78, 5) is 26.8. The van der Waals surface area contributed by atoms with E-state index < -0.39 is 15.9 Å². The van der Waals surface area contributed by atoms with Crippen LogP contribution < -0.4 is 19.7 Å². The van der Waals surface area contributed by atoms with Crippen molar-refractivity contribution in [2.45, 2.75) is 17.7 Å². The maximum atomic E-state index is 12.7. The minimum Gasteiger partial charge on any atom is -0.497 e. The van der Waals surface area contributed by atoms with Gasteiger partial charge < -0.3 is 19.7 Å². The molecule has 1 aliphatic heterocycles. The van der Waals surface area contributed by atoms with Gasteiger partial charge in [-0.05, 0) is 42.8 Å². The molecule has 3 rings (SSSR count). The van der Waals surface area contributed by atoms with Crippen molar-refractivity contribution in [2.75, 3.05) is 44.1 Å². The van der Waals surface area contributed by atoms with Crippen molar-refractivity contribution in [2.24, 2.45) is 5.92 Å². The predicted molar refractivity (Wildman–Crippen MR) is 120 cm³/mol. The average molecular weight is 462 g/mol. The predicted octanol–water partition coefficient (Wildman–Crippen LogP) is 2.00. The summed E-state index contributed by atoms with van der Waals surface area (Å²) in [6.45, 7) is 0.996. The monoisotopic (exact) mass is 461 g/mol. The maximum Gasteiger partial charge on any atom is 0.240 e. The fraction of sp³-hybridized carbons (Fsp3) is 0.364. The lowest BCUT2D eigenvalue weighted by atomic mass is 10.1. The molecule has 1 fully saturated rings. The van der Waals surface area contributed by atoms with E-state index in [0.29, 0.717) is 30.2 Å². The summed E-state index contributed by atoms with van der Waals surface area (Å²) >= 11 is 0. The number of nitrogens with one attached hydrogen (secondary N) is 2. The van der Waals surface area contributed by atoms with Crippen molar-refractivity contribution < 1.29 is 27.5 Å². The number of benzene rings is 2. The van der Waals surface area contributed by atoms with Crippen molar-refractivity contribution in [3.63, 3.8) is 0 Å². The molecule has 2 aromatic carbocycles. The molecule has 0 aromatic heterocycles. The first kappa shape index (κ1) is 23.7. The van der Waals surface area contributed by atoms with Gasteiger partial charge in [0.25, 0.3) is 0 Å². The lowest BCUT2D eigenvalue weighted by Gasteiger charge is -2.17. The summed E-state index contributed by atoms with van der Waals surface area (Å²) in [7, 11) is -0.527. The second kappa shape index (κ2) is 10.6. The van der Waals surface area contributed by atoms with Crippen LogP contribution in [0.5, 0.6) is 5.75 Å². The van der Waals surface area contributed by atoms with E-state index in [1.807, 2.05) is 0 Å². The second-order valence-electron chi connectivity index (χ2n) is 7.36. The van der Waals surface area contributed by atoms with Gasteiger partial charge in [0.2, 0.25) is 21.8 Å². The number of sulfonamides is 1. The summed E-state index contributed by atoms with van der Waals surface area (Å²) in [6.07, 6.45) is 0.664. The Hall–Kier alpha value is -2.95. The molecule has 1 atom stereocenters. The highest BCUT2D eigenvalue weighted by atomic mass is 32.2. The lowest BCUT2D eigenvalue weighted by Crippen LogP contribution is -2.28. The minimum atomic E-state index is -3.63. The first-order chi connectivity index (χ1) is 15.3. The highest BCUT2D eigenvalue weighted by Crippen LogP contribution is 2.28. The number of amides is 2. The zero-order chi connectivity index (χ0) is 23.1. The van der Waals surface area contributed by atoms with Crippen molar-refractivity contribution in [3.8, 4) is 5.75 Å². The average Bonchev–Trinajstić information content (AvgIpc) is 3.19. The van der Waals surface area contributed by atoms with Crippen molar-refractivity contribution in [1.82, 2.24) is 4.72 Å². The second-order valence-corrected chi connectivity index (χ2v) is 9.13. The number of carbonyl (C=O) groups excluding carboxylic acids is 2. The van der Waals surface area contributed by atoms with Crippen LogP contribution in [0.3, 0.4) is 0 Å². The van der Waals surface area contributed by atoms with E-state index in [1.165, 1.54) is 24.3 Å². The van der Waals surface area contributed by atoms with Crippen molar-refractivity contribution in [3.05, 3.63) is 48.5 Å². The number of rotatable bonds is 10. The summed E-state index contributed by atoms with van der Waals surface area (Å²) in [5.41, 5.74) is 1.14. The molecule has 0 unspecified atom stereocenters. The van der Waals surface area contributed by atoms with Crippen LogP contribution in [-0.2, 0) is 24.3 Å². The minimum absolute atomic E-state index is 0.0981. The van der Waals surface area contributed by atoms with Crippen LogP contribution in [0.4, 0.5) is 11.4 Å². The van der Waals surface area contributed by atoms with E-state index in [2.05, 4.69) is 10.0 Å². The highest BCUT2D eigenvalue weighted by Gasteiger charge is 2.35. The SMILES string of the molecule is COCCCNS(=O)(=O)c1ccc(NC(=O)[C@@H]2CC(=O)N(c3cccc(OC)c3)C2)cc1. The molecule has 0 radical (unpaired) electrons. The topological polar surface area (TPSA) is 114 Å². The lowest BCUT2D eigenvalue weighted by molar-refractivity contribution is -0.122. The maximum absolute atomic E-state index is 12.7. The van der Waals surface area contributed by atoms with Gasteiger partial charge in [0, 0.05) is 50.7 Å². The smallest absolute Gasteiger partial charge is 0.240 e. The Morgan fingerprint density at radius 1 is 1.16 bits per heavy atom. The molecular weight excluding hydrogens is 434 g/mol. The van der Waals surface area contributed by atoms with Gasteiger partial charge in [0.1, 0.15) is 5.75 Å². The van der Waals surface area contributed by atoms with Crippen LogP contribution in [0, 0.1) is 5.92 Å². The Kier molecular flexibility index (Phi) is 7.84. The molecule has 9 nitrogen and oxygen atoms in total. The number of methoxy groups -OCH3 is 2. The number of nitrogens with zero attached hydrogens (tertiary/aromatic N) is 1. The Labute approximate surface area is 187 Å². The third-order valence-electron chi connectivity index (χ3n) is 5.11. The summed E-state index contributed by atoms with van der Waals surface area (Å²) in [5, 5.41) is 2.76. The number of hydrogen-bond donors (Lipinski definition) is 2. The molecule has 1 saturated heterocycles. The molecule has 172 valence electrons. The summed E-state index contributed by atoms with van der Waals surface area (Å²) < 4.78 is 37.2. The summed E-state index contributed by atoms with van der Waals surface area (Å²) in [5.74, 6) is -0.317. The van der Waals surface area contributed by atoms with Crippen LogP contribution in [0.2, 0.25) is 0 Å². The van der Waals surface area contributed by atoms with Gasteiger partial charge in [-0.2, -0.15) is 0 Å². The quantitative estimate of drug-likeness (QED) is 0.523. The van der Waals surface area contributed by atoms with Gasteiger partial charge in [0.05, 0.1) is 17.9 Å². The van der Waals surface area contributed by atoms with E-state index in [0.717, 1.165) is 0 Å². The first-order valence-electron chi connectivity index (χ1n) is 10.2. The van der Waals surface area contributed by atoms with Crippen molar-refractivity contribution in [1.29, 1.82) is 0 Å². The zero-order valence-corrected chi connectivity index (χ0v) is 18.9. The Bertz CT molecular complexity index is 1060. The van der Waals surface area contributed by atoms with E-state index in [4.69, 9.17) is 9.47 Å². The van der Waals surface area contributed by atoms with Gasteiger partial charge in [-0.1, -0.05) is 6.07 Å². The third kappa shape index (κ3) is 5.84. The molecule has 2 N–H and O–H groups in total. The molecule has 0 aliphatic carbocycles. The molecule has 2 aromatic rings. The Morgan fingerprint density at radius 2 is 1.91 bits per heavy atom. The molecular formula is C22H27N3O6S. The third-order valence-corrected chi connectivity index (χ3v) is 6.59. The zero-order valence-electron chi connectivity index (χ0n) is 18.0. The van der Waals surface area contributed by atoms with Crippen LogP contribution in [0.25, 0.3) is 0 Å². The Balaban J connectivity index is 1.59. The standard InChI is InChI=1S/C22H27N3O6S/c1-30-12-4-11-23-32(28,29)20-9-7-17(8-10-20)24-22(27)16-13-21(26)25(15-16)18-5-3-6-19(14-18)31-2/h3,5-10,14,16,23H,4,11-13,15H2,1-2H3,(H,24,27)/t16-/m1/s1. The van der Waals surface area contributed by atoms with Gasteiger partial charge in [-0.25, -0.2) is 13.1 Å². The largest absolute Gasteiger partial charge is 0.497 e. The molecule has 0 saturated carbocycles. The van der Waals surface area contributed by atoms with E-state index >= 15 is 0 Å². The number of ether oxygens (including phenoxy) is 2. The van der Waals surface area contributed by atoms with Gasteiger partial charge in [0.15, 0.2) is 0 Å². The van der Waals surface area contributed by atoms with Crippen molar-refractivity contribution >= 4 is 33.2 Å². The van der Waals surface area contributed by atoms with Crippen LogP contribution in [0.1, 0.15) is 12.8 Å². The number of anilines is 2. The molecule has 32 heavy (non-hydrogen) atoms. The fourth-order valence-corrected chi connectivity index (χ4v) is 4.45. The normalized spacial score (nSPS) is 16.2. The Morgan fingerprint density at radius 3 is 2.59 bits per heavy atom. The molecule has 2 amide bonds. The van der Waals surface area contributed by atoms with Crippen LogP contribution >= 0.6 is 0 Å². The van der Waals surface area contributed by atoms with Crippen LogP contribution in [0.15, 0.2) is 53.4 Å². The highest BCUT2D eigenvalue weighted by molar-refractivity contribution is 7.89.